The average Bonchev–Trinajstić information content (AvgIpc) is 3.39. The van der Waals surface area contributed by atoms with Crippen molar-refractivity contribution in [1.82, 2.24) is 4.98 Å². The van der Waals surface area contributed by atoms with Gasteiger partial charge in [-0.05, 0) is 54.1 Å². The van der Waals surface area contributed by atoms with E-state index in [1.54, 1.807) is 91.3 Å². The van der Waals surface area contributed by atoms with E-state index in [-0.39, 0.29) is 17.3 Å². The van der Waals surface area contributed by atoms with E-state index in [9.17, 15) is 18.8 Å². The van der Waals surface area contributed by atoms with Crippen LogP contribution in [0.15, 0.2) is 97.3 Å². The molecule has 3 atom stereocenters. The Bertz CT molecular complexity index is 1680. The zero-order valence-electron chi connectivity index (χ0n) is 20.4. The van der Waals surface area contributed by atoms with Crippen molar-refractivity contribution in [3.8, 4) is 0 Å². The Hall–Kier alpha value is -4.42. The summed E-state index contributed by atoms with van der Waals surface area (Å²) in [7, 11) is 0. The first-order chi connectivity index (χ1) is 18.9. The van der Waals surface area contributed by atoms with Gasteiger partial charge in [0.05, 0.1) is 6.04 Å². The topological polar surface area (TPSA) is 67.3 Å². The fraction of sp³-hybridized carbons (Fsp3) is 0.125. The van der Waals surface area contributed by atoms with Crippen LogP contribution in [0.4, 0.5) is 10.1 Å². The van der Waals surface area contributed by atoms with Gasteiger partial charge in [0, 0.05) is 51.3 Å². The lowest BCUT2D eigenvalue weighted by molar-refractivity contribution is 0.0666. The number of ketones is 3. The first kappa shape index (κ1) is 23.7. The molecule has 1 aromatic heterocycles. The fourth-order valence-corrected chi connectivity index (χ4v) is 6.79. The molecular formula is C32H20ClFN2O3. The molecule has 1 saturated heterocycles. The van der Waals surface area contributed by atoms with E-state index < -0.39 is 29.2 Å². The molecule has 1 aliphatic carbocycles. The van der Waals surface area contributed by atoms with Crippen LogP contribution in [0, 0.1) is 11.2 Å². The molecule has 4 aromatic rings. The molecular weight excluding hydrogens is 515 g/mol. The number of nitrogens with zero attached hydrogens (tertiary/aromatic N) is 2. The van der Waals surface area contributed by atoms with Crippen LogP contribution >= 0.6 is 11.6 Å². The van der Waals surface area contributed by atoms with Crippen molar-refractivity contribution in [2.45, 2.75) is 18.0 Å². The number of rotatable bonds is 3. The Morgan fingerprint density at radius 3 is 2.31 bits per heavy atom. The van der Waals surface area contributed by atoms with Crippen LogP contribution in [-0.2, 0) is 0 Å². The number of hydrogen-bond donors (Lipinski definition) is 0. The van der Waals surface area contributed by atoms with Gasteiger partial charge < -0.3 is 4.90 Å². The third-order valence-electron chi connectivity index (χ3n) is 8.21. The molecule has 5 nitrogen and oxygen atoms in total. The van der Waals surface area contributed by atoms with E-state index >= 15 is 0 Å². The number of hydrogen-bond acceptors (Lipinski definition) is 5. The smallest absolute Gasteiger partial charge is 0.185 e. The van der Waals surface area contributed by atoms with Gasteiger partial charge >= 0.3 is 0 Å². The fourth-order valence-electron chi connectivity index (χ4n) is 6.67. The van der Waals surface area contributed by atoms with Crippen LogP contribution < -0.4 is 4.90 Å². The van der Waals surface area contributed by atoms with Gasteiger partial charge in [0.1, 0.15) is 17.3 Å². The minimum atomic E-state index is -1.62. The molecule has 1 spiro atoms. The van der Waals surface area contributed by atoms with E-state index in [2.05, 4.69) is 4.98 Å². The Morgan fingerprint density at radius 2 is 1.64 bits per heavy atom. The summed E-state index contributed by atoms with van der Waals surface area (Å²) in [5, 5.41) is 0.481. The van der Waals surface area contributed by atoms with Crippen LogP contribution in [-0.4, -0.2) is 34.4 Å². The molecule has 3 heterocycles. The molecule has 0 amide bonds. The van der Waals surface area contributed by atoms with Gasteiger partial charge in [-0.25, -0.2) is 4.39 Å². The highest BCUT2D eigenvalue weighted by Gasteiger charge is 2.71. The van der Waals surface area contributed by atoms with Crippen molar-refractivity contribution >= 4 is 40.7 Å². The lowest BCUT2D eigenvalue weighted by atomic mass is 9.64. The van der Waals surface area contributed by atoms with Crippen LogP contribution in [0.3, 0.4) is 0 Å². The number of pyridine rings is 1. The minimum absolute atomic E-state index is 0.274. The second-order valence-corrected chi connectivity index (χ2v) is 10.5. The molecule has 3 aliphatic rings. The lowest BCUT2D eigenvalue weighted by Gasteiger charge is -2.37. The number of halogens is 2. The van der Waals surface area contributed by atoms with Crippen molar-refractivity contribution in [2.75, 3.05) is 4.90 Å². The maximum absolute atomic E-state index is 14.5. The van der Waals surface area contributed by atoms with Gasteiger partial charge in [-0.1, -0.05) is 54.1 Å². The van der Waals surface area contributed by atoms with Gasteiger partial charge in [-0.15, -0.1) is 0 Å². The number of anilines is 1. The van der Waals surface area contributed by atoms with Crippen molar-refractivity contribution in [3.63, 3.8) is 0 Å². The van der Waals surface area contributed by atoms with Crippen molar-refractivity contribution in [2.24, 2.45) is 5.41 Å². The Balaban J connectivity index is 1.54. The Kier molecular flexibility index (Phi) is 5.19. The van der Waals surface area contributed by atoms with Crippen LogP contribution in [0.2, 0.25) is 5.02 Å². The number of carbonyl (C=O) groups excluding carboxylic acids is 3. The third kappa shape index (κ3) is 3.18. The van der Waals surface area contributed by atoms with Crippen molar-refractivity contribution in [3.05, 3.63) is 136 Å². The third-order valence-corrected chi connectivity index (χ3v) is 8.46. The molecule has 0 saturated carbocycles. The first-order valence-electron chi connectivity index (χ1n) is 12.6. The summed E-state index contributed by atoms with van der Waals surface area (Å²) < 4.78 is 14.3. The molecule has 0 bridgehead atoms. The zero-order valence-corrected chi connectivity index (χ0v) is 21.2. The standard InChI is InChI=1S/C32H20ClFN2O3/c33-21-10-7-18(8-11-21)29(37)28-27(20-4-3-15-35-17-20)32(30(38)23-5-1-2-6-24(23)31(32)39)26-14-9-19-16-22(34)12-13-25(19)36(26)28/h1-17,26-28H/t26-,27+,28-/m1/s1. The number of Topliss-reactive ketones (excluding diaryl/α,β-unsaturated/α-hetero) is 3. The average molecular weight is 535 g/mol. The minimum Gasteiger partial charge on any atom is -0.352 e. The Morgan fingerprint density at radius 1 is 0.923 bits per heavy atom. The van der Waals surface area contributed by atoms with Crippen LogP contribution in [0.5, 0.6) is 0 Å². The summed E-state index contributed by atoms with van der Waals surface area (Å²) in [6.45, 7) is 0. The van der Waals surface area contributed by atoms with Gasteiger partial charge in [-0.2, -0.15) is 0 Å². The van der Waals surface area contributed by atoms with Gasteiger partial charge in [-0.3, -0.25) is 19.4 Å². The molecule has 1 fully saturated rings. The monoisotopic (exact) mass is 534 g/mol. The molecule has 3 aromatic carbocycles. The normalized spacial score (nSPS) is 22.1. The molecule has 7 heteroatoms. The van der Waals surface area contributed by atoms with Crippen molar-refractivity contribution < 1.29 is 18.8 Å². The zero-order chi connectivity index (χ0) is 26.9. The molecule has 190 valence electrons. The summed E-state index contributed by atoms with van der Waals surface area (Å²) >= 11 is 6.12. The van der Waals surface area contributed by atoms with Gasteiger partial charge in [0.2, 0.25) is 0 Å². The largest absolute Gasteiger partial charge is 0.352 e. The number of carbonyl (C=O) groups is 3. The van der Waals surface area contributed by atoms with Gasteiger partial charge in [0.15, 0.2) is 17.3 Å². The second-order valence-electron chi connectivity index (χ2n) is 10.1. The van der Waals surface area contributed by atoms with Crippen LogP contribution in [0.1, 0.15) is 48.1 Å². The summed E-state index contributed by atoms with van der Waals surface area (Å²) in [6, 6.07) is 19.5. The SMILES string of the molecule is O=C(c1ccc(Cl)cc1)[C@H]1[C@H](c2cccnc2)C2(C(=O)c3ccccc3C2=O)[C@H]2C=Cc3cc(F)ccc3N12. The summed E-state index contributed by atoms with van der Waals surface area (Å²) in [5.74, 6) is -2.21. The van der Waals surface area contributed by atoms with E-state index in [1.807, 2.05) is 4.90 Å². The first-order valence-corrected chi connectivity index (χ1v) is 12.9. The predicted molar refractivity (Wildman–Crippen MR) is 146 cm³/mol. The number of aromatic nitrogens is 1. The quantitative estimate of drug-likeness (QED) is 0.231. The second kappa shape index (κ2) is 8.55. The van der Waals surface area contributed by atoms with Gasteiger partial charge in [0.25, 0.3) is 0 Å². The maximum atomic E-state index is 14.5. The highest BCUT2D eigenvalue weighted by Crippen LogP contribution is 2.60. The van der Waals surface area contributed by atoms with Crippen LogP contribution in [0.25, 0.3) is 6.08 Å². The Labute approximate surface area is 228 Å². The lowest BCUT2D eigenvalue weighted by Crippen LogP contribution is -2.48. The predicted octanol–water partition coefficient (Wildman–Crippen LogP) is 6.19. The molecule has 2 aliphatic heterocycles. The highest BCUT2D eigenvalue weighted by atomic mass is 35.5. The van der Waals surface area contributed by atoms with E-state index in [0.29, 0.717) is 38.5 Å². The van der Waals surface area contributed by atoms with E-state index in [4.69, 9.17) is 11.6 Å². The highest BCUT2D eigenvalue weighted by molar-refractivity contribution is 6.32. The van der Waals surface area contributed by atoms with E-state index in [0.717, 1.165) is 0 Å². The van der Waals surface area contributed by atoms with E-state index in [1.165, 1.54) is 12.1 Å². The molecule has 0 radical (unpaired) electrons. The maximum Gasteiger partial charge on any atom is 0.185 e. The van der Waals surface area contributed by atoms with Crippen molar-refractivity contribution in [1.29, 1.82) is 0 Å². The molecule has 7 rings (SSSR count). The number of benzene rings is 3. The number of fused-ring (bicyclic) bond motifs is 5. The molecule has 0 unspecified atom stereocenters. The summed E-state index contributed by atoms with van der Waals surface area (Å²) in [5.41, 5.74) is 1.20. The molecule has 0 N–H and O–H groups in total. The summed E-state index contributed by atoms with van der Waals surface area (Å²) in [4.78, 5) is 49.6. The molecule has 39 heavy (non-hydrogen) atoms. The summed E-state index contributed by atoms with van der Waals surface area (Å²) in [6.07, 6.45) is 6.73.